The number of rotatable bonds is 7. The van der Waals surface area contributed by atoms with Gasteiger partial charge in [-0.05, 0) is 36.4 Å². The Hall–Kier alpha value is -3.61. The van der Waals surface area contributed by atoms with Gasteiger partial charge in [0.1, 0.15) is 17.2 Å². The van der Waals surface area contributed by atoms with Crippen molar-refractivity contribution in [3.05, 3.63) is 60.2 Å². The second-order valence-electron chi connectivity index (χ2n) is 5.48. The molecule has 0 amide bonds. The standard InChI is InChI=1S/C20H20N4O3/c1-25-15-9-8-14(19(12-15)27-3)13-21-23-20-11-10-17(22-24-20)16-6-4-5-7-18(16)26-2/h4-13H,1-3H3,(H,23,24)/b21-13+. The number of hydrogen-bond acceptors (Lipinski definition) is 7. The maximum absolute atomic E-state index is 5.35. The van der Waals surface area contributed by atoms with Crippen molar-refractivity contribution < 1.29 is 14.2 Å². The summed E-state index contributed by atoms with van der Waals surface area (Å²) in [5.41, 5.74) is 5.27. The first kappa shape index (κ1) is 18.2. The van der Waals surface area contributed by atoms with Crippen LogP contribution in [0.1, 0.15) is 5.56 Å². The molecule has 0 unspecified atom stereocenters. The van der Waals surface area contributed by atoms with E-state index in [-0.39, 0.29) is 0 Å². The van der Waals surface area contributed by atoms with Crippen molar-refractivity contribution in [2.45, 2.75) is 0 Å². The topological polar surface area (TPSA) is 77.9 Å². The van der Waals surface area contributed by atoms with Gasteiger partial charge in [0.05, 0.1) is 33.2 Å². The third kappa shape index (κ3) is 4.33. The summed E-state index contributed by atoms with van der Waals surface area (Å²) >= 11 is 0. The Kier molecular flexibility index (Phi) is 5.84. The fourth-order valence-electron chi connectivity index (χ4n) is 2.48. The Morgan fingerprint density at radius 3 is 2.37 bits per heavy atom. The highest BCUT2D eigenvalue weighted by Crippen LogP contribution is 2.28. The molecule has 0 spiro atoms. The van der Waals surface area contributed by atoms with Crippen LogP contribution in [0.5, 0.6) is 17.2 Å². The molecule has 7 nitrogen and oxygen atoms in total. The lowest BCUT2D eigenvalue weighted by Gasteiger charge is -2.08. The number of nitrogens with one attached hydrogen (secondary N) is 1. The van der Waals surface area contributed by atoms with E-state index in [0.29, 0.717) is 11.6 Å². The molecule has 0 bridgehead atoms. The molecule has 138 valence electrons. The van der Waals surface area contributed by atoms with Gasteiger partial charge in [-0.1, -0.05) is 12.1 Å². The molecule has 3 rings (SSSR count). The molecule has 0 saturated heterocycles. The third-order valence-corrected chi connectivity index (χ3v) is 3.87. The minimum atomic E-state index is 0.525. The predicted octanol–water partition coefficient (Wildman–Crippen LogP) is 3.62. The summed E-state index contributed by atoms with van der Waals surface area (Å²) in [7, 11) is 4.84. The predicted molar refractivity (Wildman–Crippen MR) is 105 cm³/mol. The van der Waals surface area contributed by atoms with Gasteiger partial charge >= 0.3 is 0 Å². The highest BCUT2D eigenvalue weighted by Gasteiger charge is 2.07. The average Bonchev–Trinajstić information content (AvgIpc) is 2.74. The summed E-state index contributed by atoms with van der Waals surface area (Å²) in [5.74, 6) is 2.65. The van der Waals surface area contributed by atoms with Crippen LogP contribution in [-0.2, 0) is 0 Å². The van der Waals surface area contributed by atoms with Gasteiger partial charge in [-0.15, -0.1) is 10.2 Å². The summed E-state index contributed by atoms with van der Waals surface area (Å²) in [6.07, 6.45) is 1.65. The lowest BCUT2D eigenvalue weighted by molar-refractivity contribution is 0.394. The summed E-state index contributed by atoms with van der Waals surface area (Å²) in [6, 6.07) is 16.8. The summed E-state index contributed by atoms with van der Waals surface area (Å²) in [4.78, 5) is 0. The average molecular weight is 364 g/mol. The fourth-order valence-corrected chi connectivity index (χ4v) is 2.48. The molecule has 1 aromatic heterocycles. The molecule has 0 aliphatic heterocycles. The molecule has 3 aromatic rings. The van der Waals surface area contributed by atoms with Crippen molar-refractivity contribution in [3.8, 4) is 28.5 Å². The monoisotopic (exact) mass is 364 g/mol. The van der Waals surface area contributed by atoms with Crippen LogP contribution < -0.4 is 19.6 Å². The van der Waals surface area contributed by atoms with E-state index in [1.54, 1.807) is 39.7 Å². The lowest BCUT2D eigenvalue weighted by Crippen LogP contribution is -1.98. The van der Waals surface area contributed by atoms with Crippen molar-refractivity contribution in [1.82, 2.24) is 10.2 Å². The Morgan fingerprint density at radius 1 is 0.852 bits per heavy atom. The molecule has 1 N–H and O–H groups in total. The molecule has 7 heteroatoms. The zero-order chi connectivity index (χ0) is 19.1. The number of hydrazone groups is 1. The molecule has 0 saturated carbocycles. The lowest BCUT2D eigenvalue weighted by atomic mass is 10.1. The van der Waals surface area contributed by atoms with Crippen molar-refractivity contribution in [1.29, 1.82) is 0 Å². The number of benzene rings is 2. The number of ether oxygens (including phenoxy) is 3. The smallest absolute Gasteiger partial charge is 0.168 e. The van der Waals surface area contributed by atoms with Crippen LogP contribution in [0.25, 0.3) is 11.3 Å². The van der Waals surface area contributed by atoms with Gasteiger partial charge in [-0.2, -0.15) is 5.10 Å². The Labute approximate surface area is 157 Å². The Balaban J connectivity index is 1.71. The largest absolute Gasteiger partial charge is 0.497 e. The first-order valence-electron chi connectivity index (χ1n) is 8.23. The molecular formula is C20H20N4O3. The van der Waals surface area contributed by atoms with Gasteiger partial charge in [0.25, 0.3) is 0 Å². The van der Waals surface area contributed by atoms with Crippen molar-refractivity contribution in [2.75, 3.05) is 26.8 Å². The first-order valence-corrected chi connectivity index (χ1v) is 8.23. The zero-order valence-corrected chi connectivity index (χ0v) is 15.3. The second-order valence-corrected chi connectivity index (χ2v) is 5.48. The zero-order valence-electron chi connectivity index (χ0n) is 15.3. The van der Waals surface area contributed by atoms with Crippen LogP contribution >= 0.6 is 0 Å². The SMILES string of the molecule is COc1ccc(/C=N/Nc2ccc(-c3ccccc3OC)nn2)c(OC)c1. The molecule has 0 fully saturated rings. The molecule has 2 aromatic carbocycles. The van der Waals surface area contributed by atoms with Gasteiger partial charge in [-0.25, -0.2) is 0 Å². The number of methoxy groups -OCH3 is 3. The minimum Gasteiger partial charge on any atom is -0.497 e. The highest BCUT2D eigenvalue weighted by atomic mass is 16.5. The number of para-hydroxylation sites is 1. The van der Waals surface area contributed by atoms with Crippen LogP contribution in [-0.4, -0.2) is 37.7 Å². The van der Waals surface area contributed by atoms with Crippen LogP contribution in [0.2, 0.25) is 0 Å². The summed E-state index contributed by atoms with van der Waals surface area (Å²) < 4.78 is 15.9. The quantitative estimate of drug-likeness (QED) is 0.510. The van der Waals surface area contributed by atoms with Gasteiger partial charge in [0.15, 0.2) is 5.82 Å². The van der Waals surface area contributed by atoms with E-state index in [0.717, 1.165) is 28.3 Å². The number of hydrogen-bond donors (Lipinski definition) is 1. The third-order valence-electron chi connectivity index (χ3n) is 3.87. The fraction of sp³-hybridized carbons (Fsp3) is 0.150. The van der Waals surface area contributed by atoms with Gasteiger partial charge in [-0.3, -0.25) is 5.43 Å². The van der Waals surface area contributed by atoms with E-state index in [2.05, 4.69) is 20.7 Å². The molecular weight excluding hydrogens is 344 g/mol. The normalized spacial score (nSPS) is 10.6. The number of anilines is 1. The molecule has 0 atom stereocenters. The maximum Gasteiger partial charge on any atom is 0.168 e. The van der Waals surface area contributed by atoms with E-state index in [1.807, 2.05) is 42.5 Å². The number of aromatic nitrogens is 2. The minimum absolute atomic E-state index is 0.525. The van der Waals surface area contributed by atoms with Crippen molar-refractivity contribution >= 4 is 12.0 Å². The van der Waals surface area contributed by atoms with Crippen LogP contribution in [0, 0.1) is 0 Å². The van der Waals surface area contributed by atoms with Gasteiger partial charge in [0, 0.05) is 17.2 Å². The number of nitrogens with zero attached hydrogens (tertiary/aromatic N) is 3. The molecule has 1 heterocycles. The van der Waals surface area contributed by atoms with E-state index in [4.69, 9.17) is 14.2 Å². The van der Waals surface area contributed by atoms with E-state index >= 15 is 0 Å². The summed E-state index contributed by atoms with van der Waals surface area (Å²) in [6.45, 7) is 0. The highest BCUT2D eigenvalue weighted by molar-refractivity contribution is 5.84. The van der Waals surface area contributed by atoms with Crippen LogP contribution in [0.15, 0.2) is 59.7 Å². The molecule has 0 radical (unpaired) electrons. The van der Waals surface area contributed by atoms with E-state index < -0.39 is 0 Å². The second kappa shape index (κ2) is 8.66. The van der Waals surface area contributed by atoms with Gasteiger partial charge in [0.2, 0.25) is 0 Å². The van der Waals surface area contributed by atoms with Crippen molar-refractivity contribution in [3.63, 3.8) is 0 Å². The molecule has 0 aliphatic rings. The van der Waals surface area contributed by atoms with E-state index in [9.17, 15) is 0 Å². The Morgan fingerprint density at radius 2 is 1.67 bits per heavy atom. The van der Waals surface area contributed by atoms with Crippen LogP contribution in [0.3, 0.4) is 0 Å². The summed E-state index contributed by atoms with van der Waals surface area (Å²) in [5, 5.41) is 12.6. The molecule has 0 aliphatic carbocycles. The molecule has 27 heavy (non-hydrogen) atoms. The Bertz CT molecular complexity index is 927. The van der Waals surface area contributed by atoms with Crippen LogP contribution in [0.4, 0.5) is 5.82 Å². The van der Waals surface area contributed by atoms with Gasteiger partial charge < -0.3 is 14.2 Å². The van der Waals surface area contributed by atoms with Crippen molar-refractivity contribution in [2.24, 2.45) is 5.10 Å². The van der Waals surface area contributed by atoms with E-state index in [1.165, 1.54) is 0 Å². The maximum atomic E-state index is 5.35. The first-order chi connectivity index (χ1) is 13.2.